The van der Waals surface area contributed by atoms with Crippen LogP contribution in [-0.4, -0.2) is 36.4 Å². The lowest BCUT2D eigenvalue weighted by Crippen LogP contribution is -2.16. The Kier molecular flexibility index (Phi) is 5.25. The molecule has 3 aromatic rings. The maximum atomic E-state index is 12.1. The van der Waals surface area contributed by atoms with E-state index in [4.69, 9.17) is 14.6 Å². The largest absolute Gasteiger partial charge is 0.497 e. The minimum Gasteiger partial charge on any atom is -0.497 e. The molecule has 29 heavy (non-hydrogen) atoms. The number of ether oxygens (including phenoxy) is 2. The SMILES string of the molecule is COc1ccc(-c2nc(OC3CCCC3)nn2-c2ccccc2S(N)(=O)=O)cc1. The van der Waals surface area contributed by atoms with Crippen LogP contribution < -0.4 is 14.6 Å². The van der Waals surface area contributed by atoms with Gasteiger partial charge in [-0.15, -0.1) is 5.10 Å². The van der Waals surface area contributed by atoms with Crippen LogP contribution in [0.15, 0.2) is 53.4 Å². The minimum atomic E-state index is -3.95. The summed E-state index contributed by atoms with van der Waals surface area (Å²) in [5.41, 5.74) is 1.05. The van der Waals surface area contributed by atoms with Gasteiger partial charge in [-0.3, -0.25) is 0 Å². The molecule has 1 heterocycles. The zero-order valence-electron chi connectivity index (χ0n) is 16.0. The zero-order valence-corrected chi connectivity index (χ0v) is 16.8. The van der Waals surface area contributed by atoms with Crippen LogP contribution in [0.3, 0.4) is 0 Å². The van der Waals surface area contributed by atoms with Crippen LogP contribution in [0.5, 0.6) is 11.8 Å². The number of para-hydroxylation sites is 1. The fourth-order valence-electron chi connectivity index (χ4n) is 3.47. The highest BCUT2D eigenvalue weighted by Crippen LogP contribution is 2.29. The number of hydrogen-bond donors (Lipinski definition) is 1. The van der Waals surface area contributed by atoms with Gasteiger partial charge in [-0.1, -0.05) is 12.1 Å². The molecule has 9 heteroatoms. The van der Waals surface area contributed by atoms with Crippen LogP contribution in [0.25, 0.3) is 17.1 Å². The first-order chi connectivity index (χ1) is 14.0. The molecule has 0 aliphatic heterocycles. The normalized spacial score (nSPS) is 14.8. The monoisotopic (exact) mass is 414 g/mol. The van der Waals surface area contributed by atoms with Crippen LogP contribution in [0.1, 0.15) is 25.7 Å². The van der Waals surface area contributed by atoms with Crippen molar-refractivity contribution in [2.24, 2.45) is 5.14 Å². The van der Waals surface area contributed by atoms with Crippen LogP contribution in [-0.2, 0) is 10.0 Å². The molecule has 0 spiro atoms. The number of benzene rings is 2. The zero-order chi connectivity index (χ0) is 20.4. The van der Waals surface area contributed by atoms with Gasteiger partial charge >= 0.3 is 6.01 Å². The molecule has 0 amide bonds. The molecule has 4 rings (SSSR count). The number of nitrogens with two attached hydrogens (primary N) is 1. The van der Waals surface area contributed by atoms with E-state index in [1.54, 1.807) is 37.4 Å². The van der Waals surface area contributed by atoms with Crippen molar-refractivity contribution in [3.05, 3.63) is 48.5 Å². The van der Waals surface area contributed by atoms with E-state index in [1.807, 2.05) is 12.1 Å². The van der Waals surface area contributed by atoms with Gasteiger partial charge in [-0.2, -0.15) is 4.98 Å². The van der Waals surface area contributed by atoms with Gasteiger partial charge in [0, 0.05) is 5.56 Å². The molecule has 8 nitrogen and oxygen atoms in total. The van der Waals surface area contributed by atoms with Gasteiger partial charge < -0.3 is 9.47 Å². The molecule has 1 fully saturated rings. The summed E-state index contributed by atoms with van der Waals surface area (Å²) in [6, 6.07) is 13.9. The van der Waals surface area contributed by atoms with Crippen LogP contribution in [0.4, 0.5) is 0 Å². The van der Waals surface area contributed by atoms with Gasteiger partial charge in [-0.25, -0.2) is 18.2 Å². The summed E-state index contributed by atoms with van der Waals surface area (Å²) in [5, 5.41) is 9.89. The van der Waals surface area contributed by atoms with E-state index in [2.05, 4.69) is 10.1 Å². The van der Waals surface area contributed by atoms with E-state index >= 15 is 0 Å². The average molecular weight is 414 g/mol. The number of primary sulfonamides is 1. The first kappa shape index (κ1) is 19.4. The fourth-order valence-corrected chi connectivity index (χ4v) is 4.18. The highest BCUT2D eigenvalue weighted by atomic mass is 32.2. The quantitative estimate of drug-likeness (QED) is 0.664. The van der Waals surface area contributed by atoms with E-state index in [0.29, 0.717) is 17.3 Å². The summed E-state index contributed by atoms with van der Waals surface area (Å²) in [7, 11) is -2.36. The second kappa shape index (κ2) is 7.84. The van der Waals surface area contributed by atoms with Crippen molar-refractivity contribution in [3.8, 4) is 28.8 Å². The van der Waals surface area contributed by atoms with Gasteiger partial charge in [0.05, 0.1) is 12.8 Å². The molecule has 0 saturated heterocycles. The predicted octanol–water partition coefficient (Wildman–Crippen LogP) is 2.91. The second-order valence-electron chi connectivity index (χ2n) is 6.90. The van der Waals surface area contributed by atoms with Crippen LogP contribution >= 0.6 is 0 Å². The van der Waals surface area contributed by atoms with E-state index in [-0.39, 0.29) is 17.0 Å². The molecule has 1 aromatic heterocycles. The maximum Gasteiger partial charge on any atom is 0.336 e. The Morgan fingerprint density at radius 3 is 2.41 bits per heavy atom. The van der Waals surface area contributed by atoms with Crippen molar-refractivity contribution >= 4 is 10.0 Å². The molecule has 0 unspecified atom stereocenters. The van der Waals surface area contributed by atoms with E-state index in [0.717, 1.165) is 31.2 Å². The first-order valence-electron chi connectivity index (χ1n) is 9.36. The highest BCUT2D eigenvalue weighted by Gasteiger charge is 2.24. The lowest BCUT2D eigenvalue weighted by atomic mass is 10.2. The van der Waals surface area contributed by atoms with E-state index in [1.165, 1.54) is 10.7 Å². The van der Waals surface area contributed by atoms with Gasteiger partial charge in [-0.05, 0) is 62.1 Å². The standard InChI is InChI=1S/C20H22N4O4S/c1-27-15-12-10-14(11-13-15)19-22-20(28-16-6-2-3-7-16)23-24(19)17-8-4-5-9-18(17)29(21,25)26/h4-5,8-13,16H,2-3,6-7H2,1H3,(H2,21,25,26). The number of nitrogens with zero attached hydrogens (tertiary/aromatic N) is 3. The molecule has 0 atom stereocenters. The molecule has 2 aromatic carbocycles. The smallest absolute Gasteiger partial charge is 0.336 e. The molecule has 152 valence electrons. The number of sulfonamides is 1. The third kappa shape index (κ3) is 4.10. The molecule has 1 saturated carbocycles. The summed E-state index contributed by atoms with van der Waals surface area (Å²) in [4.78, 5) is 4.52. The highest BCUT2D eigenvalue weighted by molar-refractivity contribution is 7.89. The third-order valence-corrected chi connectivity index (χ3v) is 5.87. The van der Waals surface area contributed by atoms with Crippen molar-refractivity contribution in [1.29, 1.82) is 0 Å². The summed E-state index contributed by atoms with van der Waals surface area (Å²) in [6.07, 6.45) is 4.22. The summed E-state index contributed by atoms with van der Waals surface area (Å²) < 4.78 is 36.9. The Morgan fingerprint density at radius 1 is 1.07 bits per heavy atom. The average Bonchev–Trinajstić information content (AvgIpc) is 3.38. The van der Waals surface area contributed by atoms with Gasteiger partial charge in [0.25, 0.3) is 0 Å². The lowest BCUT2D eigenvalue weighted by molar-refractivity contribution is 0.192. The number of rotatable bonds is 6. The molecule has 1 aliphatic rings. The summed E-state index contributed by atoms with van der Waals surface area (Å²) in [5.74, 6) is 1.16. The molecule has 0 bridgehead atoms. The number of hydrogen-bond acceptors (Lipinski definition) is 6. The summed E-state index contributed by atoms with van der Waals surface area (Å²) in [6.45, 7) is 0. The molecule has 2 N–H and O–H groups in total. The topological polar surface area (TPSA) is 109 Å². The van der Waals surface area contributed by atoms with Crippen molar-refractivity contribution in [2.45, 2.75) is 36.7 Å². The lowest BCUT2D eigenvalue weighted by Gasteiger charge is -2.10. The molecule has 0 radical (unpaired) electrons. The predicted molar refractivity (Wildman–Crippen MR) is 108 cm³/mol. The third-order valence-electron chi connectivity index (χ3n) is 4.91. The van der Waals surface area contributed by atoms with Gasteiger partial charge in [0.15, 0.2) is 5.82 Å². The van der Waals surface area contributed by atoms with Gasteiger partial charge in [0.2, 0.25) is 10.0 Å². The molecular weight excluding hydrogens is 392 g/mol. The number of methoxy groups -OCH3 is 1. The minimum absolute atomic E-state index is 0.0351. The van der Waals surface area contributed by atoms with Crippen LogP contribution in [0.2, 0.25) is 0 Å². The van der Waals surface area contributed by atoms with Crippen molar-refractivity contribution in [1.82, 2.24) is 14.8 Å². The second-order valence-corrected chi connectivity index (χ2v) is 8.43. The molecular formula is C20H22N4O4S. The maximum absolute atomic E-state index is 12.1. The summed E-state index contributed by atoms with van der Waals surface area (Å²) >= 11 is 0. The van der Waals surface area contributed by atoms with E-state index in [9.17, 15) is 8.42 Å². The Hall–Kier alpha value is -2.91. The van der Waals surface area contributed by atoms with Crippen LogP contribution in [0, 0.1) is 0 Å². The Balaban J connectivity index is 1.84. The number of aromatic nitrogens is 3. The first-order valence-corrected chi connectivity index (χ1v) is 10.9. The Morgan fingerprint density at radius 2 is 1.76 bits per heavy atom. The fraction of sp³-hybridized carbons (Fsp3) is 0.300. The van der Waals surface area contributed by atoms with E-state index < -0.39 is 10.0 Å². The molecule has 1 aliphatic carbocycles. The van der Waals surface area contributed by atoms with Crippen molar-refractivity contribution in [2.75, 3.05) is 7.11 Å². The van der Waals surface area contributed by atoms with Gasteiger partial charge in [0.1, 0.15) is 16.7 Å². The van der Waals surface area contributed by atoms with Crippen molar-refractivity contribution in [3.63, 3.8) is 0 Å². The Labute approximate surface area is 169 Å². The Bertz CT molecular complexity index is 1100. The van der Waals surface area contributed by atoms with Crippen molar-refractivity contribution < 1.29 is 17.9 Å².